The van der Waals surface area contributed by atoms with Crippen LogP contribution < -0.4 is 0 Å². The van der Waals surface area contributed by atoms with Crippen LogP contribution in [0.4, 0.5) is 0 Å². The summed E-state index contributed by atoms with van der Waals surface area (Å²) < 4.78 is 10.5. The Morgan fingerprint density at radius 1 is 0.296 bits per heavy atom. The molecule has 0 aliphatic rings. The van der Waals surface area contributed by atoms with Crippen molar-refractivity contribution < 1.29 is 19.1 Å². The summed E-state index contributed by atoms with van der Waals surface area (Å²) in [5.41, 5.74) is 0. The molecule has 0 spiro atoms. The topological polar surface area (TPSA) is 52.6 Å². The smallest absolute Gasteiger partial charge is 0.305 e. The van der Waals surface area contributed by atoms with E-state index in [1.807, 2.05) is 0 Å². The summed E-state index contributed by atoms with van der Waals surface area (Å²) in [6, 6.07) is 0. The first-order valence-electron chi connectivity index (χ1n) is 24.6. The molecule has 4 nitrogen and oxygen atoms in total. The zero-order valence-electron chi connectivity index (χ0n) is 37.5. The molecular weight excluding hydrogens is 665 g/mol. The van der Waals surface area contributed by atoms with Gasteiger partial charge < -0.3 is 9.47 Å². The van der Waals surface area contributed by atoms with E-state index in [1.165, 1.54) is 205 Å². The maximum Gasteiger partial charge on any atom is 0.305 e. The first-order chi connectivity index (χ1) is 26.6. The van der Waals surface area contributed by atoms with Crippen molar-refractivity contribution in [3.05, 3.63) is 12.2 Å². The number of ether oxygens (including phenoxy) is 2. The van der Waals surface area contributed by atoms with Gasteiger partial charge in [0.2, 0.25) is 0 Å². The van der Waals surface area contributed by atoms with Crippen LogP contribution in [0, 0.1) is 0 Å². The molecule has 0 heterocycles. The average Bonchev–Trinajstić information content (AvgIpc) is 3.17. The van der Waals surface area contributed by atoms with Crippen molar-refractivity contribution in [1.29, 1.82) is 0 Å². The van der Waals surface area contributed by atoms with E-state index in [9.17, 15) is 9.59 Å². The molecule has 0 atom stereocenters. The largest absolute Gasteiger partial charge is 0.466 e. The van der Waals surface area contributed by atoms with Crippen LogP contribution in [0.5, 0.6) is 0 Å². The van der Waals surface area contributed by atoms with Gasteiger partial charge in [-0.2, -0.15) is 0 Å². The summed E-state index contributed by atoms with van der Waals surface area (Å²) in [6.07, 6.45) is 55.5. The minimum atomic E-state index is -0.00172. The normalized spacial score (nSPS) is 11.2. The van der Waals surface area contributed by atoms with Gasteiger partial charge in [-0.25, -0.2) is 0 Å². The first kappa shape index (κ1) is 54.8. The fraction of sp³-hybridized carbons (Fsp3) is 0.920. The van der Waals surface area contributed by atoms with Gasteiger partial charge in [0.15, 0.2) is 0 Å². The van der Waals surface area contributed by atoms with Gasteiger partial charge in [0.1, 0.15) is 0 Å². The zero-order valence-corrected chi connectivity index (χ0v) is 37.5. The van der Waals surface area contributed by atoms with Crippen LogP contribution in [0.3, 0.4) is 0 Å². The third kappa shape index (κ3) is 52.8. The Balaban J connectivity index is 0. The summed E-state index contributed by atoms with van der Waals surface area (Å²) in [5, 5.41) is 0. The van der Waals surface area contributed by atoms with E-state index >= 15 is 0 Å². The molecule has 0 fully saturated rings. The summed E-state index contributed by atoms with van der Waals surface area (Å²) in [6.45, 7) is 10.2. The van der Waals surface area contributed by atoms with E-state index in [4.69, 9.17) is 9.47 Å². The van der Waals surface area contributed by atoms with Gasteiger partial charge in [0.05, 0.1) is 13.2 Å². The SMILES string of the molecule is CCCCCCCC/C=C\CCCCCCCC(=O)OCCCCCCCCCC.CCCCCCCCCCCCCCCCCC(=O)OCCCC. The Bertz CT molecular complexity index is 732. The molecule has 0 saturated carbocycles. The highest BCUT2D eigenvalue weighted by atomic mass is 16.5. The Morgan fingerprint density at radius 2 is 0.537 bits per heavy atom. The van der Waals surface area contributed by atoms with Gasteiger partial charge in [0.25, 0.3) is 0 Å². The predicted octanol–water partition coefficient (Wildman–Crippen LogP) is 17.3. The van der Waals surface area contributed by atoms with Crippen molar-refractivity contribution in [2.45, 2.75) is 285 Å². The lowest BCUT2D eigenvalue weighted by molar-refractivity contribution is -0.144. The zero-order chi connectivity index (χ0) is 39.7. The van der Waals surface area contributed by atoms with E-state index in [0.29, 0.717) is 26.1 Å². The molecule has 0 aliphatic heterocycles. The lowest BCUT2D eigenvalue weighted by atomic mass is 10.0. The van der Waals surface area contributed by atoms with E-state index in [1.54, 1.807) is 0 Å². The summed E-state index contributed by atoms with van der Waals surface area (Å²) in [7, 11) is 0. The molecular formula is C50H98O4. The first-order valence-corrected chi connectivity index (χ1v) is 24.6. The molecule has 0 bridgehead atoms. The monoisotopic (exact) mass is 763 g/mol. The van der Waals surface area contributed by atoms with Crippen molar-refractivity contribution in [1.82, 2.24) is 0 Å². The third-order valence-corrected chi connectivity index (χ3v) is 10.6. The highest BCUT2D eigenvalue weighted by Gasteiger charge is 2.03. The highest BCUT2D eigenvalue weighted by molar-refractivity contribution is 5.69. The van der Waals surface area contributed by atoms with Crippen LogP contribution in [-0.4, -0.2) is 25.2 Å². The molecule has 0 amide bonds. The molecule has 54 heavy (non-hydrogen) atoms. The van der Waals surface area contributed by atoms with E-state index in [-0.39, 0.29) is 11.9 Å². The van der Waals surface area contributed by atoms with Gasteiger partial charge >= 0.3 is 11.9 Å². The van der Waals surface area contributed by atoms with Crippen LogP contribution in [0.1, 0.15) is 285 Å². The number of rotatable bonds is 43. The Hall–Kier alpha value is -1.32. The number of hydrogen-bond acceptors (Lipinski definition) is 4. The van der Waals surface area contributed by atoms with Gasteiger partial charge in [-0.15, -0.1) is 0 Å². The van der Waals surface area contributed by atoms with Crippen molar-refractivity contribution in [3.63, 3.8) is 0 Å². The summed E-state index contributed by atoms with van der Waals surface area (Å²) in [4.78, 5) is 23.2. The maximum absolute atomic E-state index is 11.8. The van der Waals surface area contributed by atoms with Crippen LogP contribution in [-0.2, 0) is 19.1 Å². The minimum Gasteiger partial charge on any atom is -0.466 e. The van der Waals surface area contributed by atoms with Gasteiger partial charge in [-0.1, -0.05) is 232 Å². The van der Waals surface area contributed by atoms with Crippen LogP contribution >= 0.6 is 0 Å². The number of unbranched alkanes of at least 4 members (excludes halogenated alkanes) is 33. The molecule has 0 unspecified atom stereocenters. The van der Waals surface area contributed by atoms with Crippen LogP contribution in [0.25, 0.3) is 0 Å². The van der Waals surface area contributed by atoms with Gasteiger partial charge in [-0.3, -0.25) is 9.59 Å². The van der Waals surface area contributed by atoms with Gasteiger partial charge in [-0.05, 0) is 51.4 Å². The van der Waals surface area contributed by atoms with Gasteiger partial charge in [0, 0.05) is 12.8 Å². The van der Waals surface area contributed by atoms with Crippen LogP contribution in [0.15, 0.2) is 12.2 Å². The van der Waals surface area contributed by atoms with E-state index in [2.05, 4.69) is 39.8 Å². The summed E-state index contributed by atoms with van der Waals surface area (Å²) >= 11 is 0. The minimum absolute atomic E-state index is 0.00172. The predicted molar refractivity (Wildman–Crippen MR) is 238 cm³/mol. The average molecular weight is 763 g/mol. The molecule has 4 heteroatoms. The molecule has 0 saturated heterocycles. The second kappa shape index (κ2) is 51.7. The lowest BCUT2D eigenvalue weighted by Crippen LogP contribution is -2.05. The number of allylic oxidation sites excluding steroid dienone is 2. The highest BCUT2D eigenvalue weighted by Crippen LogP contribution is 2.15. The Labute approximate surface area is 339 Å². The number of esters is 2. The molecule has 0 aliphatic carbocycles. The fourth-order valence-corrected chi connectivity index (χ4v) is 6.88. The number of carbonyl (C=O) groups is 2. The quantitative estimate of drug-likeness (QED) is 0.0353. The number of hydrogen-bond donors (Lipinski definition) is 0. The Morgan fingerprint density at radius 3 is 0.852 bits per heavy atom. The van der Waals surface area contributed by atoms with Crippen molar-refractivity contribution in [2.75, 3.05) is 13.2 Å². The standard InChI is InChI=1S/C28H54O2.C22H44O2/c1-3-5-7-9-11-13-14-15-16-17-18-19-20-22-24-26-28(29)30-27-25-23-21-12-10-8-6-4-2;1-3-5-7-8-9-10-11-12-13-14-15-16-17-18-19-20-22(23)24-21-6-4-2/h15-16H,3-14,17-27H2,1-2H3;3-21H2,1-2H3/b16-15-;. The van der Waals surface area contributed by atoms with Crippen molar-refractivity contribution >= 4 is 11.9 Å². The summed E-state index contributed by atoms with van der Waals surface area (Å²) in [5.74, 6) is 0.00807. The molecule has 0 N–H and O–H groups in total. The second-order valence-corrected chi connectivity index (χ2v) is 16.3. The molecule has 0 aromatic heterocycles. The fourth-order valence-electron chi connectivity index (χ4n) is 6.88. The van der Waals surface area contributed by atoms with E-state index in [0.717, 1.165) is 38.5 Å². The molecule has 0 aromatic rings. The van der Waals surface area contributed by atoms with Crippen LogP contribution in [0.2, 0.25) is 0 Å². The molecule has 0 rings (SSSR count). The molecule has 322 valence electrons. The Kier molecular flexibility index (Phi) is 52.4. The molecule has 0 aromatic carbocycles. The lowest BCUT2D eigenvalue weighted by Gasteiger charge is -2.05. The van der Waals surface area contributed by atoms with E-state index < -0.39 is 0 Å². The molecule has 0 radical (unpaired) electrons. The van der Waals surface area contributed by atoms with Crippen molar-refractivity contribution in [2.24, 2.45) is 0 Å². The number of carbonyl (C=O) groups excluding carboxylic acids is 2. The third-order valence-electron chi connectivity index (χ3n) is 10.6. The maximum atomic E-state index is 11.8. The van der Waals surface area contributed by atoms with Crippen molar-refractivity contribution in [3.8, 4) is 0 Å². The second-order valence-electron chi connectivity index (χ2n) is 16.3.